The number of carbonyl (C=O) groups is 1. The van der Waals surface area contributed by atoms with E-state index >= 15 is 0 Å². The molecule has 0 saturated carbocycles. The number of benzene rings is 1. The molecule has 17 heavy (non-hydrogen) atoms. The fraction of sp³-hybridized carbons (Fsp3) is 0.364. The normalized spacial score (nSPS) is 12.1. The van der Waals surface area contributed by atoms with Crippen LogP contribution in [-0.2, 0) is 0 Å². The Hall–Kier alpha value is -1.79. The Kier molecular flexibility index (Phi) is 4.74. The van der Waals surface area contributed by atoms with Gasteiger partial charge in [-0.05, 0) is 18.6 Å². The second kappa shape index (κ2) is 6.07. The van der Waals surface area contributed by atoms with Crippen LogP contribution in [0.15, 0.2) is 18.2 Å². The number of para-hydroxylation sites is 1. The molecule has 0 radical (unpaired) electrons. The maximum absolute atomic E-state index is 11.7. The Morgan fingerprint density at radius 1 is 1.29 bits per heavy atom. The van der Waals surface area contributed by atoms with Gasteiger partial charge in [0.05, 0.1) is 18.2 Å². The topological polar surface area (TPSA) is 110 Å². The maximum atomic E-state index is 11.7. The largest absolute Gasteiger partial charge is 0.504 e. The van der Waals surface area contributed by atoms with Crippen LogP contribution in [-0.4, -0.2) is 45.6 Å². The van der Waals surface area contributed by atoms with E-state index in [1.807, 2.05) is 0 Å². The summed E-state index contributed by atoms with van der Waals surface area (Å²) < 4.78 is 0. The van der Waals surface area contributed by atoms with E-state index < -0.39 is 17.7 Å². The summed E-state index contributed by atoms with van der Waals surface area (Å²) in [7, 11) is 0. The number of amides is 1. The molecule has 0 aliphatic heterocycles. The Balaban J connectivity index is 2.79. The van der Waals surface area contributed by atoms with E-state index in [0.29, 0.717) is 0 Å². The van der Waals surface area contributed by atoms with Crippen LogP contribution in [0, 0.1) is 0 Å². The van der Waals surface area contributed by atoms with E-state index in [9.17, 15) is 15.0 Å². The first kappa shape index (κ1) is 13.3. The van der Waals surface area contributed by atoms with Gasteiger partial charge in [-0.3, -0.25) is 4.79 Å². The minimum Gasteiger partial charge on any atom is -0.504 e. The van der Waals surface area contributed by atoms with Crippen LogP contribution in [0.4, 0.5) is 0 Å². The van der Waals surface area contributed by atoms with Gasteiger partial charge in [0.25, 0.3) is 5.91 Å². The van der Waals surface area contributed by atoms with Crippen LogP contribution in [0.1, 0.15) is 16.8 Å². The molecule has 6 nitrogen and oxygen atoms in total. The lowest BCUT2D eigenvalue weighted by molar-refractivity contribution is 0.0901. The number of aliphatic hydroxyl groups excluding tert-OH is 2. The van der Waals surface area contributed by atoms with Crippen molar-refractivity contribution in [1.82, 2.24) is 5.32 Å². The number of nitrogens with one attached hydrogen (secondary N) is 1. The summed E-state index contributed by atoms with van der Waals surface area (Å²) in [6.45, 7) is -0.483. The lowest BCUT2D eigenvalue weighted by Gasteiger charge is -2.15. The second-order valence-electron chi connectivity index (χ2n) is 3.54. The first-order valence-electron chi connectivity index (χ1n) is 5.13. The molecule has 0 saturated heterocycles. The quantitative estimate of drug-likeness (QED) is 0.449. The smallest absolute Gasteiger partial charge is 0.255 e. The van der Waals surface area contributed by atoms with Crippen LogP contribution >= 0.6 is 0 Å². The third kappa shape index (κ3) is 3.33. The molecule has 1 aromatic carbocycles. The summed E-state index contributed by atoms with van der Waals surface area (Å²) in [5.41, 5.74) is -0.0820. The number of hydrogen-bond acceptors (Lipinski definition) is 5. The van der Waals surface area contributed by atoms with E-state index in [2.05, 4.69) is 5.32 Å². The number of rotatable bonds is 5. The number of carbonyl (C=O) groups excluding carboxylic acids is 1. The summed E-state index contributed by atoms with van der Waals surface area (Å²) >= 11 is 0. The summed E-state index contributed by atoms with van der Waals surface area (Å²) in [4.78, 5) is 11.7. The van der Waals surface area contributed by atoms with Gasteiger partial charge in [-0.25, -0.2) is 0 Å². The third-order valence-electron chi connectivity index (χ3n) is 2.29. The van der Waals surface area contributed by atoms with Gasteiger partial charge in [0.15, 0.2) is 11.5 Å². The van der Waals surface area contributed by atoms with E-state index in [1.54, 1.807) is 0 Å². The van der Waals surface area contributed by atoms with Crippen LogP contribution in [0.5, 0.6) is 11.5 Å². The molecule has 0 aliphatic rings. The fourth-order valence-corrected chi connectivity index (χ4v) is 1.34. The van der Waals surface area contributed by atoms with Gasteiger partial charge in [0.2, 0.25) is 0 Å². The average Bonchev–Trinajstić information content (AvgIpc) is 2.31. The van der Waals surface area contributed by atoms with Crippen molar-refractivity contribution in [1.29, 1.82) is 0 Å². The molecule has 1 atom stereocenters. The lowest BCUT2D eigenvalue weighted by atomic mass is 10.1. The summed E-state index contributed by atoms with van der Waals surface area (Å²) in [5.74, 6) is -1.52. The molecule has 0 spiro atoms. The molecule has 0 unspecified atom stereocenters. The molecule has 5 N–H and O–H groups in total. The molecular weight excluding hydrogens is 226 g/mol. The predicted molar refractivity (Wildman–Crippen MR) is 59.8 cm³/mol. The highest BCUT2D eigenvalue weighted by Crippen LogP contribution is 2.27. The highest BCUT2D eigenvalue weighted by Gasteiger charge is 2.17. The second-order valence-corrected chi connectivity index (χ2v) is 3.54. The number of hydrogen-bond donors (Lipinski definition) is 5. The van der Waals surface area contributed by atoms with Crippen LogP contribution < -0.4 is 5.32 Å². The predicted octanol–water partition coefficient (Wildman–Crippen LogP) is -0.429. The third-order valence-corrected chi connectivity index (χ3v) is 2.29. The SMILES string of the molecule is O=C(N[C@@H](CO)CCO)c1cccc(O)c1O. The van der Waals surface area contributed by atoms with E-state index in [-0.39, 0.29) is 30.9 Å². The first-order valence-corrected chi connectivity index (χ1v) is 5.13. The van der Waals surface area contributed by atoms with Gasteiger partial charge in [-0.15, -0.1) is 0 Å². The van der Waals surface area contributed by atoms with Gasteiger partial charge in [-0.1, -0.05) is 6.07 Å². The molecule has 0 aliphatic carbocycles. The maximum Gasteiger partial charge on any atom is 0.255 e. The molecule has 1 rings (SSSR count). The van der Waals surface area contributed by atoms with Crippen molar-refractivity contribution in [2.24, 2.45) is 0 Å². The zero-order valence-corrected chi connectivity index (χ0v) is 9.13. The van der Waals surface area contributed by atoms with E-state index in [0.717, 1.165) is 0 Å². The Bertz CT molecular complexity index is 393. The highest BCUT2D eigenvalue weighted by molar-refractivity contribution is 5.97. The number of aromatic hydroxyl groups is 2. The standard InChI is InChI=1S/C11H15NO5/c13-5-4-7(6-14)12-11(17)8-2-1-3-9(15)10(8)16/h1-3,7,13-16H,4-6H2,(H,12,17)/t7-/m1/s1. The van der Waals surface area contributed by atoms with Crippen molar-refractivity contribution in [3.63, 3.8) is 0 Å². The summed E-state index contributed by atoms with van der Waals surface area (Å²) in [6, 6.07) is 3.43. The number of aliphatic hydroxyl groups is 2. The molecule has 1 aromatic rings. The minimum atomic E-state index is -0.620. The molecule has 1 amide bonds. The number of phenols is 2. The molecule has 0 bridgehead atoms. The van der Waals surface area contributed by atoms with Gasteiger partial charge in [0, 0.05) is 6.61 Å². The van der Waals surface area contributed by atoms with Crippen molar-refractivity contribution >= 4 is 5.91 Å². The molecule has 0 aromatic heterocycles. The molecule has 94 valence electrons. The van der Waals surface area contributed by atoms with Crippen molar-refractivity contribution in [2.45, 2.75) is 12.5 Å². The Labute approximate surface area is 98.1 Å². The molecule has 0 heterocycles. The van der Waals surface area contributed by atoms with Crippen molar-refractivity contribution in [3.05, 3.63) is 23.8 Å². The van der Waals surface area contributed by atoms with Gasteiger partial charge >= 0.3 is 0 Å². The Morgan fingerprint density at radius 3 is 2.59 bits per heavy atom. The molecule has 6 heteroatoms. The van der Waals surface area contributed by atoms with Gasteiger partial charge < -0.3 is 25.7 Å². The summed E-state index contributed by atoms with van der Waals surface area (Å²) in [6.07, 6.45) is 0.210. The number of phenolic OH excluding ortho intramolecular Hbond substituents is 2. The summed E-state index contributed by atoms with van der Waals surface area (Å²) in [5, 5.41) is 38.8. The Morgan fingerprint density at radius 2 is 2.00 bits per heavy atom. The van der Waals surface area contributed by atoms with E-state index in [1.165, 1.54) is 18.2 Å². The zero-order valence-electron chi connectivity index (χ0n) is 9.13. The van der Waals surface area contributed by atoms with Crippen molar-refractivity contribution in [3.8, 4) is 11.5 Å². The van der Waals surface area contributed by atoms with Crippen molar-refractivity contribution < 1.29 is 25.2 Å². The molecule has 0 fully saturated rings. The first-order chi connectivity index (χ1) is 8.10. The average molecular weight is 241 g/mol. The minimum absolute atomic E-state index is 0.0820. The van der Waals surface area contributed by atoms with Gasteiger partial charge in [0.1, 0.15) is 0 Å². The van der Waals surface area contributed by atoms with E-state index in [4.69, 9.17) is 10.2 Å². The van der Waals surface area contributed by atoms with Crippen LogP contribution in [0.3, 0.4) is 0 Å². The molecular formula is C11H15NO5. The fourth-order valence-electron chi connectivity index (χ4n) is 1.34. The van der Waals surface area contributed by atoms with Crippen molar-refractivity contribution in [2.75, 3.05) is 13.2 Å². The lowest BCUT2D eigenvalue weighted by Crippen LogP contribution is -2.38. The monoisotopic (exact) mass is 241 g/mol. The van der Waals surface area contributed by atoms with Crippen LogP contribution in [0.2, 0.25) is 0 Å². The zero-order chi connectivity index (χ0) is 12.8. The highest BCUT2D eigenvalue weighted by atomic mass is 16.3. The van der Waals surface area contributed by atoms with Gasteiger partial charge in [-0.2, -0.15) is 0 Å². The van der Waals surface area contributed by atoms with Crippen LogP contribution in [0.25, 0.3) is 0 Å².